The molecule has 0 heterocycles. The molecule has 70 valence electrons. The zero-order chi connectivity index (χ0) is 9.56. The highest BCUT2D eigenvalue weighted by Crippen LogP contribution is 2.21. The molecule has 1 amide bonds. The van der Waals surface area contributed by atoms with Crippen LogP contribution in [-0.4, -0.2) is 32.2 Å². The zero-order valence-corrected chi connectivity index (χ0v) is 8.57. The molecule has 0 fully saturated rings. The third-order valence-electron chi connectivity index (χ3n) is 0.841. The molecule has 0 aliphatic carbocycles. The third-order valence-corrected chi connectivity index (χ3v) is 2.79. The average Bonchev–Trinajstić information content (AvgIpc) is 2.03. The van der Waals surface area contributed by atoms with Gasteiger partial charge in [-0.1, -0.05) is 13.8 Å². The van der Waals surface area contributed by atoms with Gasteiger partial charge in [-0.15, -0.1) is 0 Å². The van der Waals surface area contributed by atoms with E-state index in [1.54, 1.807) is 0 Å². The fourth-order valence-corrected chi connectivity index (χ4v) is 2.26. The Labute approximate surface area is 80.0 Å². The average molecular weight is 209 g/mol. The minimum Gasteiger partial charge on any atom is -0.474 e. The molecule has 0 spiro atoms. The minimum absolute atomic E-state index is 0.687. The van der Waals surface area contributed by atoms with Gasteiger partial charge in [0.2, 0.25) is 0 Å². The van der Waals surface area contributed by atoms with Crippen molar-refractivity contribution < 1.29 is 14.7 Å². The van der Waals surface area contributed by atoms with E-state index in [0.717, 1.165) is 0 Å². The van der Waals surface area contributed by atoms with E-state index in [4.69, 9.17) is 5.11 Å². The van der Waals surface area contributed by atoms with Gasteiger partial charge in [0.1, 0.15) is 0 Å². The number of hydrogen-bond donors (Lipinski definition) is 1. The summed E-state index contributed by atoms with van der Waals surface area (Å²) >= 11 is 2.41. The number of hydrogen-bond acceptors (Lipinski definition) is 4. The van der Waals surface area contributed by atoms with Crippen LogP contribution in [0.1, 0.15) is 13.8 Å². The van der Waals surface area contributed by atoms with E-state index in [2.05, 4.69) is 0 Å². The molecule has 6 heteroatoms. The molecule has 0 aliphatic heterocycles. The molecule has 0 saturated heterocycles. The highest BCUT2D eigenvalue weighted by molar-refractivity contribution is 8.12. The summed E-state index contributed by atoms with van der Waals surface area (Å²) in [4.78, 5) is 21.2. The summed E-state index contributed by atoms with van der Waals surface area (Å²) < 4.78 is 1.20. The minimum atomic E-state index is -1.41. The van der Waals surface area contributed by atoms with E-state index in [-0.39, 0.29) is 0 Å². The fraction of sp³-hybridized carbons (Fsp3) is 0.667. The van der Waals surface area contributed by atoms with Crippen LogP contribution in [0.25, 0.3) is 0 Å². The van der Waals surface area contributed by atoms with Gasteiger partial charge in [0.15, 0.2) is 0 Å². The molecule has 4 nitrogen and oxygen atoms in total. The van der Waals surface area contributed by atoms with Crippen molar-refractivity contribution in [1.29, 1.82) is 0 Å². The standard InChI is InChI=1S/C6H11NO3S2/c1-3-11-7(12-4-2)5(8)6(9)10/h3-4H2,1-2H3,(H,9,10). The predicted octanol–water partition coefficient (Wildman–Crippen LogP) is 1.24. The maximum absolute atomic E-state index is 10.9. The Morgan fingerprint density at radius 3 is 1.92 bits per heavy atom. The largest absolute Gasteiger partial charge is 0.474 e. The predicted molar refractivity (Wildman–Crippen MR) is 50.7 cm³/mol. The molecule has 0 aromatic heterocycles. The van der Waals surface area contributed by atoms with Crippen molar-refractivity contribution in [2.24, 2.45) is 0 Å². The van der Waals surface area contributed by atoms with Gasteiger partial charge in [-0.3, -0.25) is 4.79 Å². The summed E-state index contributed by atoms with van der Waals surface area (Å²) in [6, 6.07) is 0. The lowest BCUT2D eigenvalue weighted by Gasteiger charge is -2.15. The Morgan fingerprint density at radius 1 is 1.25 bits per heavy atom. The zero-order valence-electron chi connectivity index (χ0n) is 6.94. The summed E-state index contributed by atoms with van der Waals surface area (Å²) in [5, 5.41) is 8.39. The van der Waals surface area contributed by atoms with Gasteiger partial charge >= 0.3 is 11.9 Å². The van der Waals surface area contributed by atoms with Crippen LogP contribution < -0.4 is 0 Å². The van der Waals surface area contributed by atoms with Crippen molar-refractivity contribution >= 4 is 35.8 Å². The van der Waals surface area contributed by atoms with Gasteiger partial charge in [-0.25, -0.2) is 8.51 Å². The second-order valence-corrected chi connectivity index (χ2v) is 4.34. The molecule has 0 bridgehead atoms. The first-order valence-corrected chi connectivity index (χ1v) is 5.35. The SMILES string of the molecule is CCSN(SCC)C(=O)C(=O)O. The number of carbonyl (C=O) groups is 2. The van der Waals surface area contributed by atoms with Gasteiger partial charge in [0.25, 0.3) is 0 Å². The van der Waals surface area contributed by atoms with Crippen LogP contribution in [0.15, 0.2) is 0 Å². The lowest BCUT2D eigenvalue weighted by atomic mass is 10.7. The fourth-order valence-electron chi connectivity index (χ4n) is 0.467. The van der Waals surface area contributed by atoms with Crippen LogP contribution in [0.5, 0.6) is 0 Å². The number of amides is 1. The monoisotopic (exact) mass is 209 g/mol. The molecule has 0 aromatic carbocycles. The highest BCUT2D eigenvalue weighted by atomic mass is 32.2. The second-order valence-electron chi connectivity index (χ2n) is 1.70. The summed E-state index contributed by atoms with van der Waals surface area (Å²) in [7, 11) is 0. The summed E-state index contributed by atoms with van der Waals surface area (Å²) in [6.45, 7) is 3.73. The number of rotatable bonds is 4. The molecule has 1 N–H and O–H groups in total. The number of nitrogens with zero attached hydrogens (tertiary/aromatic N) is 1. The van der Waals surface area contributed by atoms with Crippen LogP contribution >= 0.6 is 23.9 Å². The van der Waals surface area contributed by atoms with Crippen molar-refractivity contribution in [2.45, 2.75) is 13.8 Å². The van der Waals surface area contributed by atoms with Crippen LogP contribution in [0.2, 0.25) is 0 Å². The molecule has 0 rings (SSSR count). The van der Waals surface area contributed by atoms with Gasteiger partial charge in [-0.05, 0) is 23.9 Å². The lowest BCUT2D eigenvalue weighted by molar-refractivity contribution is -0.151. The summed E-state index contributed by atoms with van der Waals surface area (Å²) in [6.07, 6.45) is 0. The Morgan fingerprint density at radius 2 is 1.67 bits per heavy atom. The molecular weight excluding hydrogens is 198 g/mol. The van der Waals surface area contributed by atoms with E-state index in [1.807, 2.05) is 13.8 Å². The lowest BCUT2D eigenvalue weighted by Crippen LogP contribution is -2.26. The van der Waals surface area contributed by atoms with Gasteiger partial charge in [0, 0.05) is 11.5 Å². The summed E-state index contributed by atoms with van der Waals surface area (Å²) in [5.74, 6) is -0.900. The van der Waals surface area contributed by atoms with Gasteiger partial charge < -0.3 is 5.11 Å². The van der Waals surface area contributed by atoms with E-state index in [0.29, 0.717) is 11.5 Å². The molecule has 0 aliphatic rings. The van der Waals surface area contributed by atoms with Crippen LogP contribution in [-0.2, 0) is 9.59 Å². The molecular formula is C6H11NO3S2. The molecule has 0 atom stereocenters. The molecule has 0 unspecified atom stereocenters. The first kappa shape index (κ1) is 11.6. The van der Waals surface area contributed by atoms with E-state index >= 15 is 0 Å². The Hall–Kier alpha value is -0.360. The first-order valence-electron chi connectivity index (χ1n) is 3.46. The number of aliphatic carboxylic acids is 1. The number of carboxylic acid groups (broad SMARTS) is 1. The molecule has 0 saturated carbocycles. The first-order chi connectivity index (χ1) is 5.63. The molecule has 12 heavy (non-hydrogen) atoms. The Balaban J connectivity index is 4.08. The quantitative estimate of drug-likeness (QED) is 0.557. The van der Waals surface area contributed by atoms with E-state index in [9.17, 15) is 9.59 Å². The van der Waals surface area contributed by atoms with Crippen LogP contribution in [0.4, 0.5) is 0 Å². The third kappa shape index (κ3) is 3.87. The Kier molecular flexibility index (Phi) is 6.00. The normalized spacial score (nSPS) is 9.50. The second kappa shape index (κ2) is 6.19. The number of carbonyl (C=O) groups excluding carboxylic acids is 1. The van der Waals surface area contributed by atoms with Crippen LogP contribution in [0.3, 0.4) is 0 Å². The maximum atomic E-state index is 10.9. The van der Waals surface area contributed by atoms with Gasteiger partial charge in [0.05, 0.1) is 0 Å². The van der Waals surface area contributed by atoms with Crippen molar-refractivity contribution in [2.75, 3.05) is 11.5 Å². The van der Waals surface area contributed by atoms with Crippen molar-refractivity contribution in [3.05, 3.63) is 0 Å². The number of carboxylic acids is 1. The Bertz CT molecular complexity index is 168. The van der Waals surface area contributed by atoms with Crippen LogP contribution in [0, 0.1) is 0 Å². The molecule has 0 aromatic rings. The highest BCUT2D eigenvalue weighted by Gasteiger charge is 2.20. The van der Waals surface area contributed by atoms with Crippen molar-refractivity contribution in [3.63, 3.8) is 0 Å². The smallest absolute Gasteiger partial charge is 0.396 e. The van der Waals surface area contributed by atoms with Crippen molar-refractivity contribution in [1.82, 2.24) is 3.71 Å². The van der Waals surface area contributed by atoms with E-state index in [1.165, 1.54) is 27.6 Å². The summed E-state index contributed by atoms with van der Waals surface area (Å²) in [5.41, 5.74) is 0. The molecule has 0 radical (unpaired) electrons. The van der Waals surface area contributed by atoms with Gasteiger partial charge in [-0.2, -0.15) is 0 Å². The maximum Gasteiger partial charge on any atom is 0.396 e. The van der Waals surface area contributed by atoms with E-state index < -0.39 is 11.9 Å². The topological polar surface area (TPSA) is 57.6 Å². The van der Waals surface area contributed by atoms with Crippen molar-refractivity contribution in [3.8, 4) is 0 Å².